The summed E-state index contributed by atoms with van der Waals surface area (Å²) in [7, 11) is 1.78. The minimum absolute atomic E-state index is 0.0352. The van der Waals surface area contributed by atoms with Crippen molar-refractivity contribution in [1.82, 2.24) is 15.1 Å². The number of aromatic nitrogens is 2. The van der Waals surface area contributed by atoms with Gasteiger partial charge in [0.15, 0.2) is 0 Å². The normalized spacial score (nSPS) is 10.7. The van der Waals surface area contributed by atoms with Gasteiger partial charge in [-0.1, -0.05) is 17.7 Å². The fourth-order valence-electron chi connectivity index (χ4n) is 2.44. The zero-order chi connectivity index (χ0) is 19.1. The minimum Gasteiger partial charge on any atom is -0.493 e. The first-order chi connectivity index (χ1) is 13.1. The Bertz CT molecular complexity index is 867. The SMILES string of the molecule is CN(CCCOc1cccc(Cl)c1)C(=O)CCc1nnc(-c2ccsc2)o1. The number of carbonyl (C=O) groups excluding carboxylic acids is 1. The molecule has 1 aromatic carbocycles. The van der Waals surface area contributed by atoms with E-state index < -0.39 is 0 Å². The van der Waals surface area contributed by atoms with Crippen LogP contribution in [0.3, 0.4) is 0 Å². The number of hydrogen-bond donors (Lipinski definition) is 0. The van der Waals surface area contributed by atoms with E-state index in [-0.39, 0.29) is 5.91 Å². The van der Waals surface area contributed by atoms with E-state index in [1.807, 2.05) is 29.0 Å². The summed E-state index contributed by atoms with van der Waals surface area (Å²) >= 11 is 7.48. The van der Waals surface area contributed by atoms with E-state index in [1.165, 1.54) is 0 Å². The second-order valence-electron chi connectivity index (χ2n) is 5.99. The molecule has 27 heavy (non-hydrogen) atoms. The van der Waals surface area contributed by atoms with E-state index in [0.29, 0.717) is 42.8 Å². The average molecular weight is 406 g/mol. The zero-order valence-corrected chi connectivity index (χ0v) is 16.5. The fraction of sp³-hybridized carbons (Fsp3) is 0.316. The quantitative estimate of drug-likeness (QED) is 0.496. The molecule has 0 spiro atoms. The van der Waals surface area contributed by atoms with Gasteiger partial charge in [-0.2, -0.15) is 11.3 Å². The summed E-state index contributed by atoms with van der Waals surface area (Å²) in [4.78, 5) is 13.9. The van der Waals surface area contributed by atoms with Gasteiger partial charge in [-0.25, -0.2) is 0 Å². The van der Waals surface area contributed by atoms with Crippen molar-refractivity contribution in [2.75, 3.05) is 20.2 Å². The smallest absolute Gasteiger partial charge is 0.248 e. The molecule has 8 heteroatoms. The summed E-state index contributed by atoms with van der Waals surface area (Å²) in [6, 6.07) is 9.19. The van der Waals surface area contributed by atoms with Crippen molar-refractivity contribution in [2.24, 2.45) is 0 Å². The van der Waals surface area contributed by atoms with Crippen molar-refractivity contribution < 1.29 is 13.9 Å². The van der Waals surface area contributed by atoms with Crippen LogP contribution >= 0.6 is 22.9 Å². The van der Waals surface area contributed by atoms with Gasteiger partial charge in [0, 0.05) is 42.4 Å². The van der Waals surface area contributed by atoms with Crippen LogP contribution in [-0.2, 0) is 11.2 Å². The highest BCUT2D eigenvalue weighted by atomic mass is 35.5. The number of halogens is 1. The maximum absolute atomic E-state index is 12.2. The number of hydrogen-bond acceptors (Lipinski definition) is 6. The summed E-state index contributed by atoms with van der Waals surface area (Å²) in [6.07, 6.45) is 1.49. The molecule has 0 radical (unpaired) electrons. The summed E-state index contributed by atoms with van der Waals surface area (Å²) < 4.78 is 11.2. The van der Waals surface area contributed by atoms with Crippen LogP contribution in [0.25, 0.3) is 11.5 Å². The number of carbonyl (C=O) groups is 1. The lowest BCUT2D eigenvalue weighted by Crippen LogP contribution is -2.28. The topological polar surface area (TPSA) is 68.5 Å². The Morgan fingerprint density at radius 2 is 2.22 bits per heavy atom. The van der Waals surface area contributed by atoms with Crippen LogP contribution < -0.4 is 4.74 Å². The van der Waals surface area contributed by atoms with Gasteiger partial charge in [-0.15, -0.1) is 10.2 Å². The Hall–Kier alpha value is -2.38. The molecular weight excluding hydrogens is 386 g/mol. The van der Waals surface area contributed by atoms with Crippen molar-refractivity contribution in [2.45, 2.75) is 19.3 Å². The number of aryl methyl sites for hydroxylation is 1. The van der Waals surface area contributed by atoms with Crippen LogP contribution in [0.1, 0.15) is 18.7 Å². The lowest BCUT2D eigenvalue weighted by atomic mass is 10.2. The van der Waals surface area contributed by atoms with Gasteiger partial charge in [-0.05, 0) is 36.1 Å². The molecule has 0 aliphatic heterocycles. The molecular formula is C19H20ClN3O3S. The van der Waals surface area contributed by atoms with Crippen LogP contribution in [-0.4, -0.2) is 41.2 Å². The van der Waals surface area contributed by atoms with Gasteiger partial charge < -0.3 is 14.1 Å². The Labute approximate surface area is 166 Å². The van der Waals surface area contributed by atoms with E-state index in [9.17, 15) is 4.79 Å². The molecule has 0 atom stereocenters. The van der Waals surface area contributed by atoms with Crippen molar-refractivity contribution in [3.8, 4) is 17.2 Å². The molecule has 0 saturated heterocycles. The first kappa shape index (κ1) is 19.4. The molecule has 3 aromatic rings. The van der Waals surface area contributed by atoms with E-state index in [2.05, 4.69) is 10.2 Å². The summed E-state index contributed by atoms with van der Waals surface area (Å²) in [5.41, 5.74) is 0.905. The Morgan fingerprint density at radius 1 is 1.33 bits per heavy atom. The number of rotatable bonds is 9. The Kier molecular flexibility index (Phi) is 6.84. The van der Waals surface area contributed by atoms with E-state index >= 15 is 0 Å². The van der Waals surface area contributed by atoms with Gasteiger partial charge in [0.2, 0.25) is 17.7 Å². The van der Waals surface area contributed by atoms with Gasteiger partial charge in [-0.3, -0.25) is 4.79 Å². The lowest BCUT2D eigenvalue weighted by Gasteiger charge is -2.17. The number of thiophene rings is 1. The molecule has 1 amide bonds. The molecule has 6 nitrogen and oxygen atoms in total. The molecule has 0 N–H and O–H groups in total. The summed E-state index contributed by atoms with van der Waals surface area (Å²) in [6.45, 7) is 1.13. The number of ether oxygens (including phenoxy) is 1. The summed E-state index contributed by atoms with van der Waals surface area (Å²) in [5.74, 6) is 1.73. The Morgan fingerprint density at radius 3 is 3.00 bits per heavy atom. The lowest BCUT2D eigenvalue weighted by molar-refractivity contribution is -0.130. The molecule has 142 valence electrons. The van der Waals surface area contributed by atoms with Crippen LogP contribution in [0.5, 0.6) is 5.75 Å². The molecule has 0 unspecified atom stereocenters. The standard InChI is InChI=1S/C19H20ClN3O3S/c1-23(9-3-10-25-16-5-2-4-15(20)12-16)18(24)7-6-17-21-22-19(26-17)14-8-11-27-13-14/h2,4-5,8,11-13H,3,6-7,9-10H2,1H3. The average Bonchev–Trinajstić information content (AvgIpc) is 3.34. The van der Waals surface area contributed by atoms with Gasteiger partial charge in [0.1, 0.15) is 5.75 Å². The van der Waals surface area contributed by atoms with E-state index in [4.69, 9.17) is 20.8 Å². The van der Waals surface area contributed by atoms with Crippen molar-refractivity contribution >= 4 is 28.8 Å². The molecule has 2 heterocycles. The third kappa shape index (κ3) is 5.80. The van der Waals surface area contributed by atoms with E-state index in [1.54, 1.807) is 35.4 Å². The third-order valence-electron chi connectivity index (χ3n) is 3.92. The van der Waals surface area contributed by atoms with Gasteiger partial charge in [0.05, 0.1) is 6.61 Å². The molecule has 3 rings (SSSR count). The van der Waals surface area contributed by atoms with Crippen molar-refractivity contribution in [3.63, 3.8) is 0 Å². The predicted octanol–water partition coefficient (Wildman–Crippen LogP) is 4.31. The first-order valence-electron chi connectivity index (χ1n) is 8.59. The van der Waals surface area contributed by atoms with Crippen LogP contribution in [0.4, 0.5) is 0 Å². The molecule has 0 fully saturated rings. The predicted molar refractivity (Wildman–Crippen MR) is 105 cm³/mol. The molecule has 2 aromatic heterocycles. The first-order valence-corrected chi connectivity index (χ1v) is 9.91. The second-order valence-corrected chi connectivity index (χ2v) is 7.20. The maximum atomic E-state index is 12.2. The molecule has 0 aliphatic rings. The molecule has 0 aliphatic carbocycles. The highest BCUT2D eigenvalue weighted by Gasteiger charge is 2.13. The van der Waals surface area contributed by atoms with E-state index in [0.717, 1.165) is 17.7 Å². The van der Waals surface area contributed by atoms with Gasteiger partial charge in [0.25, 0.3) is 0 Å². The Balaban J connectivity index is 1.36. The monoisotopic (exact) mass is 405 g/mol. The second kappa shape index (κ2) is 9.53. The largest absolute Gasteiger partial charge is 0.493 e. The zero-order valence-electron chi connectivity index (χ0n) is 14.9. The van der Waals surface area contributed by atoms with Crippen LogP contribution in [0.15, 0.2) is 45.5 Å². The number of amides is 1. The minimum atomic E-state index is 0.0352. The third-order valence-corrected chi connectivity index (χ3v) is 4.83. The van der Waals surface area contributed by atoms with Crippen molar-refractivity contribution in [1.29, 1.82) is 0 Å². The van der Waals surface area contributed by atoms with Crippen LogP contribution in [0, 0.1) is 0 Å². The number of benzene rings is 1. The maximum Gasteiger partial charge on any atom is 0.248 e. The van der Waals surface area contributed by atoms with Crippen molar-refractivity contribution in [3.05, 3.63) is 52.0 Å². The summed E-state index contributed by atoms with van der Waals surface area (Å²) in [5, 5.41) is 12.6. The fourth-order valence-corrected chi connectivity index (χ4v) is 3.25. The molecule has 0 bridgehead atoms. The van der Waals surface area contributed by atoms with Crippen LogP contribution in [0.2, 0.25) is 5.02 Å². The molecule has 0 saturated carbocycles. The van der Waals surface area contributed by atoms with Gasteiger partial charge >= 0.3 is 0 Å². The highest BCUT2D eigenvalue weighted by molar-refractivity contribution is 7.08. The highest BCUT2D eigenvalue weighted by Crippen LogP contribution is 2.21. The number of nitrogens with zero attached hydrogens (tertiary/aromatic N) is 3.